The van der Waals surface area contributed by atoms with Crippen molar-refractivity contribution < 1.29 is 24.2 Å². The number of unbranched alkanes of at least 4 members (excludes halogenated alkanes) is 2. The first-order valence-electron chi connectivity index (χ1n) is 12.8. The fourth-order valence-electron chi connectivity index (χ4n) is 4.41. The Labute approximate surface area is 214 Å². The van der Waals surface area contributed by atoms with Gasteiger partial charge in [-0.3, -0.25) is 9.59 Å². The van der Waals surface area contributed by atoms with E-state index in [-0.39, 0.29) is 16.7 Å². The van der Waals surface area contributed by atoms with Crippen LogP contribution in [0.5, 0.6) is 5.75 Å². The van der Waals surface area contributed by atoms with Crippen LogP contribution in [0, 0.1) is 0 Å². The van der Waals surface area contributed by atoms with Crippen molar-refractivity contribution in [1.29, 1.82) is 0 Å². The summed E-state index contributed by atoms with van der Waals surface area (Å²) in [7, 11) is 1.61. The minimum Gasteiger partial charge on any atom is -0.507 e. The van der Waals surface area contributed by atoms with Gasteiger partial charge in [0.1, 0.15) is 11.5 Å². The zero-order valence-electron chi connectivity index (χ0n) is 22.2. The van der Waals surface area contributed by atoms with Gasteiger partial charge in [0.15, 0.2) is 0 Å². The number of aliphatic hydroxyl groups excluding tert-OH is 1. The summed E-state index contributed by atoms with van der Waals surface area (Å²) < 4.78 is 10.9. The fourth-order valence-corrected chi connectivity index (χ4v) is 4.41. The Morgan fingerprint density at radius 1 is 0.944 bits per heavy atom. The number of benzene rings is 2. The predicted octanol–water partition coefficient (Wildman–Crippen LogP) is 6.01. The van der Waals surface area contributed by atoms with E-state index in [0.717, 1.165) is 30.4 Å². The van der Waals surface area contributed by atoms with Gasteiger partial charge in [-0.1, -0.05) is 64.8 Å². The second-order valence-electron chi connectivity index (χ2n) is 10.3. The topological polar surface area (TPSA) is 76.1 Å². The maximum atomic E-state index is 13.2. The molecular weight excluding hydrogens is 454 g/mol. The molecule has 2 aromatic carbocycles. The lowest BCUT2D eigenvalue weighted by Crippen LogP contribution is -2.31. The third-order valence-electron chi connectivity index (χ3n) is 6.52. The maximum absolute atomic E-state index is 13.2. The van der Waals surface area contributed by atoms with E-state index in [1.54, 1.807) is 36.3 Å². The van der Waals surface area contributed by atoms with Crippen LogP contribution in [0.2, 0.25) is 0 Å². The fraction of sp³-hybridized carbons (Fsp3) is 0.467. The van der Waals surface area contributed by atoms with E-state index in [4.69, 9.17) is 9.47 Å². The molecule has 6 nitrogen and oxygen atoms in total. The first-order valence-corrected chi connectivity index (χ1v) is 12.8. The summed E-state index contributed by atoms with van der Waals surface area (Å²) in [6.45, 7) is 10.0. The van der Waals surface area contributed by atoms with Gasteiger partial charge in [0, 0.05) is 25.8 Å². The number of methoxy groups -OCH3 is 1. The van der Waals surface area contributed by atoms with E-state index < -0.39 is 17.7 Å². The van der Waals surface area contributed by atoms with Crippen molar-refractivity contribution >= 4 is 17.4 Å². The van der Waals surface area contributed by atoms with E-state index in [1.807, 2.05) is 24.3 Å². The van der Waals surface area contributed by atoms with Crippen molar-refractivity contribution in [3.63, 3.8) is 0 Å². The first-order chi connectivity index (χ1) is 17.2. The largest absolute Gasteiger partial charge is 0.507 e. The lowest BCUT2D eigenvalue weighted by atomic mass is 9.85. The molecule has 0 spiro atoms. The molecule has 1 aliphatic heterocycles. The van der Waals surface area contributed by atoms with Crippen molar-refractivity contribution in [1.82, 2.24) is 4.90 Å². The first kappa shape index (κ1) is 27.5. The van der Waals surface area contributed by atoms with Gasteiger partial charge in [-0.15, -0.1) is 0 Å². The van der Waals surface area contributed by atoms with E-state index in [1.165, 1.54) is 0 Å². The minimum absolute atomic E-state index is 0.0286. The number of Topliss-reactive ketones (excluding diaryl/α,β-unsaturated/α-hetero) is 1. The number of ether oxygens (including phenoxy) is 2. The Hall–Kier alpha value is -3.12. The van der Waals surface area contributed by atoms with Gasteiger partial charge in [0.05, 0.1) is 18.2 Å². The summed E-state index contributed by atoms with van der Waals surface area (Å²) >= 11 is 0. The highest BCUT2D eigenvalue weighted by molar-refractivity contribution is 6.46. The monoisotopic (exact) mass is 493 g/mol. The Bertz CT molecular complexity index is 1060. The standard InChI is InChI=1S/C30H39NO5/c1-6-7-8-20-36-24-16-12-22(13-17-24)27(32)25-26(21-10-14-23(15-11-21)30(2,3)4)31(18-9-19-35-5)29(34)28(25)33/h10-17,26,32H,6-9,18-20H2,1-5H3/b27-25-. The van der Waals surface area contributed by atoms with Crippen LogP contribution in [0.25, 0.3) is 5.76 Å². The summed E-state index contributed by atoms with van der Waals surface area (Å²) in [6.07, 6.45) is 3.81. The molecule has 0 radical (unpaired) electrons. The molecule has 1 N–H and O–H groups in total. The Morgan fingerprint density at radius 3 is 2.19 bits per heavy atom. The molecule has 3 rings (SSSR count). The Balaban J connectivity index is 1.97. The molecule has 1 unspecified atom stereocenters. The number of rotatable bonds is 11. The zero-order valence-corrected chi connectivity index (χ0v) is 22.2. The van der Waals surface area contributed by atoms with Crippen LogP contribution < -0.4 is 4.74 Å². The lowest BCUT2D eigenvalue weighted by Gasteiger charge is -2.26. The van der Waals surface area contributed by atoms with Crippen molar-refractivity contribution in [2.24, 2.45) is 0 Å². The van der Waals surface area contributed by atoms with Crippen LogP contribution in [-0.4, -0.2) is 48.6 Å². The van der Waals surface area contributed by atoms with Crippen LogP contribution >= 0.6 is 0 Å². The molecule has 1 saturated heterocycles. The summed E-state index contributed by atoms with van der Waals surface area (Å²) in [4.78, 5) is 27.8. The number of carbonyl (C=O) groups is 2. The van der Waals surface area contributed by atoms with Gasteiger partial charge in [-0.05, 0) is 53.6 Å². The number of likely N-dealkylation sites (tertiary alicyclic amines) is 1. The Morgan fingerprint density at radius 2 is 1.61 bits per heavy atom. The smallest absolute Gasteiger partial charge is 0.295 e. The number of ketones is 1. The van der Waals surface area contributed by atoms with Crippen molar-refractivity contribution in [3.8, 4) is 5.75 Å². The second kappa shape index (κ2) is 12.2. The SMILES string of the molecule is CCCCCOc1ccc(/C(O)=C2/C(=O)C(=O)N(CCCOC)C2c2ccc(C(C)(C)C)cc2)cc1. The summed E-state index contributed by atoms with van der Waals surface area (Å²) in [5.74, 6) is -0.745. The zero-order chi connectivity index (χ0) is 26.3. The number of amides is 1. The van der Waals surface area contributed by atoms with Gasteiger partial charge in [0.25, 0.3) is 11.7 Å². The second-order valence-corrected chi connectivity index (χ2v) is 10.3. The van der Waals surface area contributed by atoms with Gasteiger partial charge in [-0.25, -0.2) is 0 Å². The minimum atomic E-state index is -0.672. The van der Waals surface area contributed by atoms with Gasteiger partial charge in [0.2, 0.25) is 0 Å². The van der Waals surface area contributed by atoms with E-state index in [0.29, 0.717) is 37.5 Å². The molecule has 1 atom stereocenters. The lowest BCUT2D eigenvalue weighted by molar-refractivity contribution is -0.140. The average molecular weight is 494 g/mol. The summed E-state index contributed by atoms with van der Waals surface area (Å²) in [6, 6.07) is 14.3. The van der Waals surface area contributed by atoms with Crippen molar-refractivity contribution in [3.05, 3.63) is 70.8 Å². The molecule has 0 aliphatic carbocycles. The number of aliphatic hydroxyl groups is 1. The van der Waals surface area contributed by atoms with Crippen LogP contribution in [-0.2, 0) is 19.7 Å². The molecular formula is C30H39NO5. The number of hydrogen-bond acceptors (Lipinski definition) is 5. The maximum Gasteiger partial charge on any atom is 0.295 e. The highest BCUT2D eigenvalue weighted by Gasteiger charge is 2.45. The third-order valence-corrected chi connectivity index (χ3v) is 6.52. The van der Waals surface area contributed by atoms with E-state index >= 15 is 0 Å². The average Bonchev–Trinajstić information content (AvgIpc) is 3.11. The van der Waals surface area contributed by atoms with Crippen molar-refractivity contribution in [2.75, 3.05) is 26.9 Å². The molecule has 1 heterocycles. The predicted molar refractivity (Wildman–Crippen MR) is 142 cm³/mol. The highest BCUT2D eigenvalue weighted by atomic mass is 16.5. The van der Waals surface area contributed by atoms with Crippen LogP contribution in [0.4, 0.5) is 0 Å². The molecule has 194 valence electrons. The number of hydrogen-bond donors (Lipinski definition) is 1. The quantitative estimate of drug-likeness (QED) is 0.180. The van der Waals surface area contributed by atoms with Crippen LogP contribution in [0.3, 0.4) is 0 Å². The molecule has 1 amide bonds. The molecule has 2 aromatic rings. The molecule has 6 heteroatoms. The summed E-state index contributed by atoms with van der Waals surface area (Å²) in [5, 5.41) is 11.3. The van der Waals surface area contributed by atoms with Gasteiger partial charge < -0.3 is 19.5 Å². The van der Waals surface area contributed by atoms with Crippen LogP contribution in [0.1, 0.15) is 76.1 Å². The molecule has 0 bridgehead atoms. The van der Waals surface area contributed by atoms with E-state index in [2.05, 4.69) is 27.7 Å². The summed E-state index contributed by atoms with van der Waals surface area (Å²) in [5.41, 5.74) is 2.49. The van der Waals surface area contributed by atoms with Gasteiger partial charge >= 0.3 is 0 Å². The Kier molecular flexibility index (Phi) is 9.32. The molecule has 36 heavy (non-hydrogen) atoms. The van der Waals surface area contributed by atoms with E-state index in [9.17, 15) is 14.7 Å². The normalized spacial score (nSPS) is 17.6. The molecule has 0 aromatic heterocycles. The van der Waals surface area contributed by atoms with Crippen molar-refractivity contribution in [2.45, 2.75) is 64.8 Å². The van der Waals surface area contributed by atoms with Gasteiger partial charge in [-0.2, -0.15) is 0 Å². The number of nitrogens with zero attached hydrogens (tertiary/aromatic N) is 1. The molecule has 0 saturated carbocycles. The third kappa shape index (κ3) is 6.35. The van der Waals surface area contributed by atoms with Crippen LogP contribution in [0.15, 0.2) is 54.1 Å². The molecule has 1 aliphatic rings. The highest BCUT2D eigenvalue weighted by Crippen LogP contribution is 2.40. The molecule has 1 fully saturated rings. The number of carbonyl (C=O) groups excluding carboxylic acids is 2.